The fraction of sp³-hybridized carbons (Fsp3) is 0.167. The molecule has 0 radical (unpaired) electrons. The molecular weight excluding hydrogens is 393 g/mol. The molecule has 3 rings (SSSR count). The quantitative estimate of drug-likeness (QED) is 0.789. The molecular formula is C18H13ClFN3O3S. The van der Waals surface area contributed by atoms with Crippen molar-refractivity contribution in [1.29, 1.82) is 5.26 Å². The third-order valence-electron chi connectivity index (χ3n) is 3.79. The number of allylic oxidation sites excluding steroid dienone is 1. The summed E-state index contributed by atoms with van der Waals surface area (Å²) >= 11 is 6.72. The number of amides is 2. The number of thioether (sulfide) groups is 1. The van der Waals surface area contributed by atoms with Gasteiger partial charge in [0.2, 0.25) is 11.8 Å². The Hall–Kier alpha value is -2.76. The second-order valence-corrected chi connectivity index (χ2v) is 7.03. The zero-order chi connectivity index (χ0) is 19.4. The molecule has 2 heterocycles. The van der Waals surface area contributed by atoms with Gasteiger partial charge in [-0.15, -0.1) is 0 Å². The van der Waals surface area contributed by atoms with Crippen LogP contribution in [0.15, 0.2) is 51.6 Å². The van der Waals surface area contributed by atoms with Crippen LogP contribution in [0.5, 0.6) is 0 Å². The molecule has 0 saturated carbocycles. The van der Waals surface area contributed by atoms with Crippen molar-refractivity contribution in [1.82, 2.24) is 5.32 Å². The molecule has 2 amide bonds. The van der Waals surface area contributed by atoms with Gasteiger partial charge < -0.3 is 15.1 Å². The predicted molar refractivity (Wildman–Crippen MR) is 99.3 cm³/mol. The Balaban J connectivity index is 1.71. The lowest BCUT2D eigenvalue weighted by atomic mass is 9.92. The summed E-state index contributed by atoms with van der Waals surface area (Å²) in [7, 11) is 0. The van der Waals surface area contributed by atoms with Crippen LogP contribution in [0.3, 0.4) is 0 Å². The van der Waals surface area contributed by atoms with E-state index in [1.165, 1.54) is 18.4 Å². The third kappa shape index (κ3) is 4.51. The maximum atomic E-state index is 13.2. The molecule has 0 spiro atoms. The second-order valence-electron chi connectivity index (χ2n) is 5.64. The summed E-state index contributed by atoms with van der Waals surface area (Å²) in [5.74, 6) is -1.25. The number of nitrogens with one attached hydrogen (secondary N) is 2. The maximum Gasteiger partial charge on any atom is 0.234 e. The molecule has 2 N–H and O–H groups in total. The highest BCUT2D eigenvalue weighted by atomic mass is 35.5. The van der Waals surface area contributed by atoms with Crippen molar-refractivity contribution in [3.05, 3.63) is 63.8 Å². The van der Waals surface area contributed by atoms with E-state index in [0.29, 0.717) is 22.0 Å². The number of carbonyl (C=O) groups is 2. The van der Waals surface area contributed by atoms with Crippen LogP contribution < -0.4 is 10.6 Å². The summed E-state index contributed by atoms with van der Waals surface area (Å²) in [6.45, 7) is 0. The fourth-order valence-electron chi connectivity index (χ4n) is 2.57. The number of benzene rings is 1. The Kier molecular flexibility index (Phi) is 5.84. The highest BCUT2D eigenvalue weighted by molar-refractivity contribution is 8.03. The Bertz CT molecular complexity index is 953. The molecule has 0 fully saturated rings. The number of halogens is 2. The molecule has 6 nitrogen and oxygen atoms in total. The average Bonchev–Trinajstić information content (AvgIpc) is 3.17. The highest BCUT2D eigenvalue weighted by Crippen LogP contribution is 2.36. The highest BCUT2D eigenvalue weighted by Gasteiger charge is 2.31. The monoisotopic (exact) mass is 405 g/mol. The Morgan fingerprint density at radius 2 is 2.30 bits per heavy atom. The van der Waals surface area contributed by atoms with Gasteiger partial charge in [0.1, 0.15) is 11.6 Å². The van der Waals surface area contributed by atoms with Crippen molar-refractivity contribution < 1.29 is 18.4 Å². The molecule has 0 aliphatic carbocycles. The van der Waals surface area contributed by atoms with Gasteiger partial charge in [-0.05, 0) is 30.3 Å². The summed E-state index contributed by atoms with van der Waals surface area (Å²) in [5, 5.41) is 14.9. The summed E-state index contributed by atoms with van der Waals surface area (Å²) in [5.41, 5.74) is 0.690. The van der Waals surface area contributed by atoms with Crippen LogP contribution in [0.1, 0.15) is 18.1 Å². The van der Waals surface area contributed by atoms with Gasteiger partial charge in [-0.1, -0.05) is 23.4 Å². The van der Waals surface area contributed by atoms with Crippen LogP contribution in [-0.2, 0) is 9.59 Å². The van der Waals surface area contributed by atoms with Crippen molar-refractivity contribution in [2.45, 2.75) is 12.3 Å². The molecule has 1 aliphatic rings. The van der Waals surface area contributed by atoms with Crippen molar-refractivity contribution in [2.75, 3.05) is 11.1 Å². The predicted octanol–water partition coefficient (Wildman–Crippen LogP) is 3.78. The van der Waals surface area contributed by atoms with Gasteiger partial charge in [0.25, 0.3) is 0 Å². The summed E-state index contributed by atoms with van der Waals surface area (Å²) < 4.78 is 18.5. The summed E-state index contributed by atoms with van der Waals surface area (Å²) in [6.07, 6.45) is 1.58. The minimum Gasteiger partial charge on any atom is -0.469 e. The first-order chi connectivity index (χ1) is 13.0. The van der Waals surface area contributed by atoms with E-state index >= 15 is 0 Å². The standard InChI is InChI=1S/C18H13ClFN3O3S/c19-13-6-10(3-4-14(13)20)22-17(25)9-27-18-12(8-21)11(7-16(24)23-18)15-2-1-5-26-15/h1-6,11H,7,9H2,(H,22,25)(H,23,24)/t11-/m0/s1. The fourth-order valence-corrected chi connectivity index (χ4v) is 3.63. The zero-order valence-corrected chi connectivity index (χ0v) is 15.4. The van der Waals surface area contributed by atoms with Gasteiger partial charge in [0, 0.05) is 12.1 Å². The van der Waals surface area contributed by atoms with Gasteiger partial charge in [-0.2, -0.15) is 5.26 Å². The van der Waals surface area contributed by atoms with Crippen molar-refractivity contribution >= 4 is 40.9 Å². The second kappa shape index (κ2) is 8.29. The van der Waals surface area contributed by atoms with Crippen molar-refractivity contribution in [3.8, 4) is 6.07 Å². The number of nitrogens with zero attached hydrogens (tertiary/aromatic N) is 1. The van der Waals surface area contributed by atoms with E-state index < -0.39 is 11.7 Å². The molecule has 1 aromatic heterocycles. The zero-order valence-electron chi connectivity index (χ0n) is 13.8. The third-order valence-corrected chi connectivity index (χ3v) is 5.10. The van der Waals surface area contributed by atoms with E-state index in [1.807, 2.05) is 0 Å². The molecule has 1 aliphatic heterocycles. The average molecular weight is 406 g/mol. The van der Waals surface area contributed by atoms with Gasteiger partial charge in [-0.3, -0.25) is 9.59 Å². The number of carbonyl (C=O) groups excluding carboxylic acids is 2. The number of hydrogen-bond donors (Lipinski definition) is 2. The van der Waals surface area contributed by atoms with E-state index in [9.17, 15) is 19.2 Å². The lowest BCUT2D eigenvalue weighted by Gasteiger charge is -2.23. The van der Waals surface area contributed by atoms with E-state index in [-0.39, 0.29) is 29.0 Å². The number of furan rings is 1. The summed E-state index contributed by atoms with van der Waals surface area (Å²) in [6, 6.07) is 9.32. The molecule has 0 unspecified atom stereocenters. The first kappa shape index (κ1) is 19.0. The first-order valence-corrected chi connectivity index (χ1v) is 9.19. The molecule has 9 heteroatoms. The molecule has 138 valence electrons. The lowest BCUT2D eigenvalue weighted by Crippen LogP contribution is -2.31. The summed E-state index contributed by atoms with van der Waals surface area (Å²) in [4.78, 5) is 24.1. The topological polar surface area (TPSA) is 95.1 Å². The Morgan fingerprint density at radius 1 is 1.48 bits per heavy atom. The number of nitriles is 1. The molecule has 2 aromatic rings. The van der Waals surface area contributed by atoms with E-state index in [0.717, 1.165) is 17.8 Å². The Labute approximate surface area is 163 Å². The Morgan fingerprint density at radius 3 is 2.96 bits per heavy atom. The molecule has 27 heavy (non-hydrogen) atoms. The maximum absolute atomic E-state index is 13.2. The molecule has 1 atom stereocenters. The van der Waals surface area contributed by atoms with Crippen LogP contribution in [0.25, 0.3) is 0 Å². The van der Waals surface area contributed by atoms with E-state index in [4.69, 9.17) is 16.0 Å². The van der Waals surface area contributed by atoms with E-state index in [2.05, 4.69) is 16.7 Å². The number of rotatable bonds is 5. The van der Waals surface area contributed by atoms with Crippen LogP contribution in [0.4, 0.5) is 10.1 Å². The number of anilines is 1. The van der Waals surface area contributed by atoms with Gasteiger partial charge >= 0.3 is 0 Å². The SMILES string of the molecule is N#CC1=C(SCC(=O)Nc2ccc(F)c(Cl)c2)NC(=O)C[C@@H]1c1ccco1. The van der Waals surface area contributed by atoms with Crippen LogP contribution >= 0.6 is 23.4 Å². The van der Waals surface area contributed by atoms with Crippen LogP contribution in [0, 0.1) is 17.1 Å². The minimum atomic E-state index is -0.582. The number of hydrogen-bond acceptors (Lipinski definition) is 5. The van der Waals surface area contributed by atoms with Gasteiger partial charge in [-0.25, -0.2) is 4.39 Å². The molecule has 0 bridgehead atoms. The van der Waals surface area contributed by atoms with Gasteiger partial charge in [0.05, 0.1) is 39.6 Å². The normalized spacial score (nSPS) is 16.6. The van der Waals surface area contributed by atoms with Crippen molar-refractivity contribution in [2.24, 2.45) is 0 Å². The molecule has 0 saturated heterocycles. The lowest BCUT2D eigenvalue weighted by molar-refractivity contribution is -0.121. The minimum absolute atomic E-state index is 0.0549. The largest absolute Gasteiger partial charge is 0.469 e. The smallest absolute Gasteiger partial charge is 0.234 e. The van der Waals surface area contributed by atoms with Gasteiger partial charge in [0.15, 0.2) is 0 Å². The van der Waals surface area contributed by atoms with E-state index in [1.54, 1.807) is 12.1 Å². The first-order valence-electron chi connectivity index (χ1n) is 7.83. The van der Waals surface area contributed by atoms with Crippen LogP contribution in [0.2, 0.25) is 5.02 Å². The molecule has 1 aromatic carbocycles. The van der Waals surface area contributed by atoms with Crippen molar-refractivity contribution in [3.63, 3.8) is 0 Å². The van der Waals surface area contributed by atoms with Crippen LogP contribution in [-0.4, -0.2) is 17.6 Å².